The van der Waals surface area contributed by atoms with Crippen molar-refractivity contribution in [1.82, 2.24) is 5.32 Å². The van der Waals surface area contributed by atoms with Gasteiger partial charge >= 0.3 is 0 Å². The Morgan fingerprint density at radius 2 is 1.83 bits per heavy atom. The molecule has 29 heavy (non-hydrogen) atoms. The van der Waals surface area contributed by atoms with Gasteiger partial charge in [0, 0.05) is 22.9 Å². The van der Waals surface area contributed by atoms with E-state index >= 15 is 0 Å². The Morgan fingerprint density at radius 3 is 2.66 bits per heavy atom. The van der Waals surface area contributed by atoms with Crippen LogP contribution < -0.4 is 24.4 Å². The van der Waals surface area contributed by atoms with Crippen molar-refractivity contribution < 1.29 is 18.6 Å². The van der Waals surface area contributed by atoms with E-state index in [1.165, 1.54) is 0 Å². The van der Waals surface area contributed by atoms with Crippen molar-refractivity contribution in [2.24, 2.45) is 0 Å². The van der Waals surface area contributed by atoms with Crippen molar-refractivity contribution in [3.63, 3.8) is 0 Å². The third-order valence-electron chi connectivity index (χ3n) is 5.54. The molecule has 1 unspecified atom stereocenters. The van der Waals surface area contributed by atoms with E-state index in [-0.39, 0.29) is 6.79 Å². The number of thiocarbonyl (C=S) groups is 1. The molecule has 2 aromatic carbocycles. The molecule has 0 amide bonds. The Morgan fingerprint density at radius 1 is 1.00 bits per heavy atom. The summed E-state index contributed by atoms with van der Waals surface area (Å²) >= 11 is 11.7. The summed E-state index contributed by atoms with van der Waals surface area (Å²) in [6.07, 6.45) is 0. The molecule has 0 bridgehead atoms. The highest BCUT2D eigenvalue weighted by molar-refractivity contribution is 7.80. The maximum Gasteiger partial charge on any atom is 0.231 e. The van der Waals surface area contributed by atoms with Gasteiger partial charge in [-0.15, -0.1) is 0 Å². The normalized spacial score (nSPS) is 21.0. The van der Waals surface area contributed by atoms with Crippen LogP contribution in [0.4, 0.5) is 5.69 Å². The van der Waals surface area contributed by atoms with E-state index in [0.717, 1.165) is 28.3 Å². The zero-order valence-electron chi connectivity index (χ0n) is 15.1. The third-order valence-corrected chi connectivity index (χ3v) is 6.07. The lowest BCUT2D eigenvalue weighted by molar-refractivity contribution is 0.173. The molecule has 4 heterocycles. The largest absolute Gasteiger partial charge is 0.490 e. The van der Waals surface area contributed by atoms with Crippen LogP contribution in [0.5, 0.6) is 17.2 Å². The summed E-state index contributed by atoms with van der Waals surface area (Å²) < 4.78 is 22.7. The Balaban J connectivity index is 1.48. The standard InChI is InChI=1S/C21H15ClN2O4S/c22-19-6-5-12(28-19)9-24-15-4-2-1-3-13(15)21(23-20(24)29)10-25-16-8-18-17(7-14(16)21)26-11-27-18/h1-8H,9-11H2,(H,23,29). The van der Waals surface area contributed by atoms with Crippen LogP contribution in [0.25, 0.3) is 0 Å². The highest BCUT2D eigenvalue weighted by atomic mass is 35.5. The lowest BCUT2D eigenvalue weighted by atomic mass is 9.81. The Hall–Kier alpha value is -2.90. The Bertz CT molecular complexity index is 1160. The number of fused-ring (bicyclic) bond motifs is 5. The van der Waals surface area contributed by atoms with E-state index < -0.39 is 5.54 Å². The molecule has 146 valence electrons. The van der Waals surface area contributed by atoms with Gasteiger partial charge in [0.15, 0.2) is 21.8 Å². The van der Waals surface area contributed by atoms with Crippen molar-refractivity contribution in [2.45, 2.75) is 12.1 Å². The van der Waals surface area contributed by atoms with E-state index in [1.807, 2.05) is 35.2 Å². The molecule has 0 saturated heterocycles. The van der Waals surface area contributed by atoms with Gasteiger partial charge in [-0.1, -0.05) is 18.2 Å². The Kier molecular flexibility index (Phi) is 3.54. The molecular weight excluding hydrogens is 412 g/mol. The fraction of sp³-hybridized carbons (Fsp3) is 0.190. The first kappa shape index (κ1) is 17.0. The molecule has 1 aromatic heterocycles. The SMILES string of the molecule is S=C1NC2(COc3cc4c(cc32)OCO4)c2ccccc2N1Cc1ccc(Cl)o1. The van der Waals surface area contributed by atoms with Gasteiger partial charge in [0.1, 0.15) is 23.7 Å². The summed E-state index contributed by atoms with van der Waals surface area (Å²) in [6, 6.07) is 15.6. The van der Waals surface area contributed by atoms with Gasteiger partial charge in [0.25, 0.3) is 0 Å². The number of furan rings is 1. The molecule has 0 aliphatic carbocycles. The summed E-state index contributed by atoms with van der Waals surface area (Å²) in [5.74, 6) is 2.91. The minimum Gasteiger partial charge on any atom is -0.490 e. The van der Waals surface area contributed by atoms with Crippen LogP contribution in [0, 0.1) is 0 Å². The smallest absolute Gasteiger partial charge is 0.231 e. The average molecular weight is 427 g/mol. The molecule has 1 atom stereocenters. The van der Waals surface area contributed by atoms with Crippen molar-refractivity contribution in [2.75, 3.05) is 18.3 Å². The average Bonchev–Trinajstić information content (AvgIpc) is 3.43. The molecule has 0 fully saturated rings. The molecule has 0 radical (unpaired) electrons. The number of ether oxygens (including phenoxy) is 3. The van der Waals surface area contributed by atoms with Crippen molar-refractivity contribution in [3.05, 3.63) is 70.6 Å². The lowest BCUT2D eigenvalue weighted by Crippen LogP contribution is -2.57. The van der Waals surface area contributed by atoms with Crippen molar-refractivity contribution in [3.8, 4) is 17.2 Å². The van der Waals surface area contributed by atoms with Crippen LogP contribution in [-0.4, -0.2) is 18.5 Å². The predicted octanol–water partition coefficient (Wildman–Crippen LogP) is 4.19. The second kappa shape index (κ2) is 6.05. The first-order valence-corrected chi connectivity index (χ1v) is 9.93. The number of hydrogen-bond donors (Lipinski definition) is 1. The molecule has 1 spiro atoms. The van der Waals surface area contributed by atoms with E-state index in [9.17, 15) is 0 Å². The highest BCUT2D eigenvalue weighted by Crippen LogP contribution is 2.51. The van der Waals surface area contributed by atoms with Crippen LogP contribution in [0.3, 0.4) is 0 Å². The van der Waals surface area contributed by atoms with E-state index in [1.54, 1.807) is 6.07 Å². The molecule has 6 rings (SSSR count). The van der Waals surface area contributed by atoms with Gasteiger partial charge in [0.2, 0.25) is 6.79 Å². The molecule has 3 aliphatic heterocycles. The molecule has 3 aromatic rings. The monoisotopic (exact) mass is 426 g/mol. The number of nitrogens with zero attached hydrogens (tertiary/aromatic N) is 1. The number of anilines is 1. The predicted molar refractivity (Wildman–Crippen MR) is 111 cm³/mol. The number of hydrogen-bond acceptors (Lipinski definition) is 5. The second-order valence-electron chi connectivity index (χ2n) is 7.13. The van der Waals surface area contributed by atoms with Crippen LogP contribution in [0.15, 0.2) is 52.9 Å². The summed E-state index contributed by atoms with van der Waals surface area (Å²) in [7, 11) is 0. The van der Waals surface area contributed by atoms with Gasteiger partial charge in [-0.05, 0) is 48.1 Å². The summed E-state index contributed by atoms with van der Waals surface area (Å²) in [5.41, 5.74) is 2.46. The molecule has 6 nitrogen and oxygen atoms in total. The molecule has 1 N–H and O–H groups in total. The van der Waals surface area contributed by atoms with Gasteiger partial charge < -0.3 is 28.8 Å². The summed E-state index contributed by atoms with van der Waals surface area (Å²) in [6.45, 7) is 1.11. The maximum atomic E-state index is 6.07. The number of para-hydroxylation sites is 1. The topological polar surface area (TPSA) is 56.1 Å². The first-order valence-electron chi connectivity index (χ1n) is 9.14. The van der Waals surface area contributed by atoms with Crippen LogP contribution in [0.2, 0.25) is 5.22 Å². The van der Waals surface area contributed by atoms with Gasteiger partial charge in [0.05, 0.1) is 6.54 Å². The van der Waals surface area contributed by atoms with Gasteiger partial charge in [-0.3, -0.25) is 0 Å². The van der Waals surface area contributed by atoms with Crippen molar-refractivity contribution >= 4 is 34.6 Å². The molecule has 3 aliphatic rings. The minimum atomic E-state index is -0.596. The lowest BCUT2D eigenvalue weighted by Gasteiger charge is -2.42. The Labute approximate surface area is 176 Å². The number of nitrogens with one attached hydrogen (secondary N) is 1. The van der Waals surface area contributed by atoms with Gasteiger partial charge in [-0.25, -0.2) is 0 Å². The fourth-order valence-corrected chi connectivity index (χ4v) is 4.71. The minimum absolute atomic E-state index is 0.215. The number of benzene rings is 2. The third kappa shape index (κ3) is 2.44. The quantitative estimate of drug-likeness (QED) is 0.616. The van der Waals surface area contributed by atoms with Gasteiger partial charge in [-0.2, -0.15) is 0 Å². The molecule has 0 saturated carbocycles. The maximum absolute atomic E-state index is 6.07. The number of rotatable bonds is 2. The van der Waals surface area contributed by atoms with E-state index in [2.05, 4.69) is 17.4 Å². The zero-order chi connectivity index (χ0) is 19.6. The molecular formula is C21H15ClN2O4S. The zero-order valence-corrected chi connectivity index (χ0v) is 16.7. The second-order valence-corrected chi connectivity index (χ2v) is 7.89. The first-order chi connectivity index (χ1) is 14.1. The molecule has 8 heteroatoms. The van der Waals surface area contributed by atoms with Crippen LogP contribution >= 0.6 is 23.8 Å². The number of halogens is 1. The highest BCUT2D eigenvalue weighted by Gasteiger charge is 2.49. The summed E-state index contributed by atoms with van der Waals surface area (Å²) in [5, 5.41) is 4.48. The van der Waals surface area contributed by atoms with E-state index in [0.29, 0.717) is 35.0 Å². The van der Waals surface area contributed by atoms with E-state index in [4.69, 9.17) is 42.4 Å². The van der Waals surface area contributed by atoms with Crippen molar-refractivity contribution in [1.29, 1.82) is 0 Å². The van der Waals surface area contributed by atoms with Crippen LogP contribution in [0.1, 0.15) is 16.9 Å². The fourth-order valence-electron chi connectivity index (χ4n) is 4.21. The van der Waals surface area contributed by atoms with Crippen LogP contribution in [-0.2, 0) is 12.1 Å². The summed E-state index contributed by atoms with van der Waals surface area (Å²) in [4.78, 5) is 2.01.